The Bertz CT molecular complexity index is 1400. The molecule has 0 spiro atoms. The number of carbonyl (C=O) groups is 1. The molecule has 3 heterocycles. The van der Waals surface area contributed by atoms with Crippen LogP contribution in [0.15, 0.2) is 30.6 Å². The molecule has 3 aromatic heterocycles. The number of hydrogen-bond acceptors (Lipinski definition) is 3. The van der Waals surface area contributed by atoms with Gasteiger partial charge in [0.2, 0.25) is 0 Å². The lowest BCUT2D eigenvalue weighted by Crippen LogP contribution is -2.45. The molecule has 2 atom stereocenters. The van der Waals surface area contributed by atoms with E-state index in [1.165, 1.54) is 6.07 Å². The summed E-state index contributed by atoms with van der Waals surface area (Å²) in [6.45, 7) is 0. The first-order valence-electron chi connectivity index (χ1n) is 11.4. The van der Waals surface area contributed by atoms with Gasteiger partial charge in [-0.05, 0) is 62.0 Å². The zero-order valence-electron chi connectivity index (χ0n) is 18.2. The summed E-state index contributed by atoms with van der Waals surface area (Å²) in [5.41, 5.74) is 2.24. The van der Waals surface area contributed by atoms with Crippen LogP contribution in [0, 0.1) is 35.3 Å². The number of carboxylic acids is 1. The van der Waals surface area contributed by atoms with E-state index >= 15 is 0 Å². The number of aromatic nitrogens is 4. The third kappa shape index (κ3) is 3.14. The van der Waals surface area contributed by atoms with Gasteiger partial charge in [-0.1, -0.05) is 0 Å². The highest BCUT2D eigenvalue weighted by molar-refractivity contribution is 5.95. The second kappa shape index (κ2) is 7.37. The van der Waals surface area contributed by atoms with Gasteiger partial charge in [0.05, 0.1) is 17.1 Å². The zero-order chi connectivity index (χ0) is 22.9. The van der Waals surface area contributed by atoms with Crippen molar-refractivity contribution in [1.29, 1.82) is 0 Å². The Balaban J connectivity index is 1.49. The number of H-pyrrole nitrogens is 1. The topological polar surface area (TPSA) is 83.8 Å². The van der Waals surface area contributed by atoms with E-state index in [0.29, 0.717) is 34.8 Å². The highest BCUT2D eigenvalue weighted by Crippen LogP contribution is 2.50. The van der Waals surface area contributed by atoms with Crippen molar-refractivity contribution in [3.63, 3.8) is 0 Å². The SMILES string of the molecule is Cn1ccc2c(CC3C4CCC(CC4)C3C(=O)O)nc(-c3c[nH]c4c(F)cc(F)cc34)nc21. The number of fused-ring (bicyclic) bond motifs is 5. The van der Waals surface area contributed by atoms with Gasteiger partial charge in [0.25, 0.3) is 0 Å². The van der Waals surface area contributed by atoms with Gasteiger partial charge < -0.3 is 14.7 Å². The van der Waals surface area contributed by atoms with Crippen LogP contribution in [0.3, 0.4) is 0 Å². The van der Waals surface area contributed by atoms with Crippen molar-refractivity contribution in [3.05, 3.63) is 47.9 Å². The summed E-state index contributed by atoms with van der Waals surface area (Å²) in [6, 6.07) is 4.09. The molecule has 3 saturated carbocycles. The van der Waals surface area contributed by atoms with Crippen LogP contribution in [0.4, 0.5) is 8.78 Å². The smallest absolute Gasteiger partial charge is 0.307 e. The summed E-state index contributed by atoms with van der Waals surface area (Å²) in [5.74, 6) is -1.39. The number of halogens is 2. The predicted molar refractivity (Wildman–Crippen MR) is 119 cm³/mol. The van der Waals surface area contributed by atoms with Crippen LogP contribution in [-0.2, 0) is 18.3 Å². The molecule has 0 saturated heterocycles. The van der Waals surface area contributed by atoms with Gasteiger partial charge in [0.15, 0.2) is 5.82 Å². The van der Waals surface area contributed by atoms with Gasteiger partial charge in [-0.25, -0.2) is 18.7 Å². The van der Waals surface area contributed by atoms with E-state index in [4.69, 9.17) is 9.97 Å². The van der Waals surface area contributed by atoms with E-state index in [9.17, 15) is 18.7 Å². The first-order chi connectivity index (χ1) is 15.9. The molecule has 170 valence electrons. The summed E-state index contributed by atoms with van der Waals surface area (Å²) < 4.78 is 30.1. The van der Waals surface area contributed by atoms with E-state index in [2.05, 4.69) is 4.98 Å². The number of carboxylic acid groups (broad SMARTS) is 1. The van der Waals surface area contributed by atoms with E-state index in [1.54, 1.807) is 6.20 Å². The fourth-order valence-corrected chi connectivity index (χ4v) is 6.29. The van der Waals surface area contributed by atoms with Crippen LogP contribution in [0.1, 0.15) is 31.4 Å². The summed E-state index contributed by atoms with van der Waals surface area (Å²) in [4.78, 5) is 24.6. The average Bonchev–Trinajstić information content (AvgIpc) is 3.38. The van der Waals surface area contributed by atoms with Crippen molar-refractivity contribution in [1.82, 2.24) is 19.5 Å². The van der Waals surface area contributed by atoms with Crippen molar-refractivity contribution in [3.8, 4) is 11.4 Å². The molecular formula is C25H24F2N4O2. The largest absolute Gasteiger partial charge is 0.481 e. The molecule has 8 heteroatoms. The Morgan fingerprint density at radius 3 is 2.67 bits per heavy atom. The third-order valence-corrected chi connectivity index (χ3v) is 7.86. The predicted octanol–water partition coefficient (Wildman–Crippen LogP) is 5.07. The highest BCUT2D eigenvalue weighted by atomic mass is 19.1. The number of aryl methyl sites for hydroxylation is 1. The number of hydrogen-bond donors (Lipinski definition) is 2. The molecule has 0 amide bonds. The summed E-state index contributed by atoms with van der Waals surface area (Å²) >= 11 is 0. The third-order valence-electron chi connectivity index (χ3n) is 7.86. The minimum absolute atomic E-state index is 0.0269. The van der Waals surface area contributed by atoms with Crippen LogP contribution in [0.5, 0.6) is 0 Å². The Hall–Kier alpha value is -3.29. The molecule has 2 bridgehead atoms. The zero-order valence-corrected chi connectivity index (χ0v) is 18.2. The van der Waals surface area contributed by atoms with Crippen molar-refractivity contribution in [2.24, 2.45) is 30.7 Å². The van der Waals surface area contributed by atoms with Crippen molar-refractivity contribution >= 4 is 27.9 Å². The van der Waals surface area contributed by atoms with Crippen LogP contribution >= 0.6 is 0 Å². The molecule has 2 unspecified atom stereocenters. The van der Waals surface area contributed by atoms with E-state index in [-0.39, 0.29) is 23.3 Å². The first kappa shape index (κ1) is 20.3. The fourth-order valence-electron chi connectivity index (χ4n) is 6.29. The highest BCUT2D eigenvalue weighted by Gasteiger charge is 2.47. The quantitative estimate of drug-likeness (QED) is 0.455. The van der Waals surface area contributed by atoms with Crippen molar-refractivity contribution in [2.75, 3.05) is 0 Å². The molecular weight excluding hydrogens is 426 g/mol. The number of nitrogens with zero attached hydrogens (tertiary/aromatic N) is 3. The number of benzene rings is 1. The summed E-state index contributed by atoms with van der Waals surface area (Å²) in [7, 11) is 1.89. The lowest BCUT2D eigenvalue weighted by atomic mass is 9.57. The average molecular weight is 450 g/mol. The molecule has 7 rings (SSSR count). The molecule has 3 fully saturated rings. The van der Waals surface area contributed by atoms with Gasteiger partial charge in [-0.2, -0.15) is 0 Å². The molecule has 0 aliphatic heterocycles. The molecule has 1 aromatic carbocycles. The lowest BCUT2D eigenvalue weighted by molar-refractivity contribution is -0.152. The molecule has 6 nitrogen and oxygen atoms in total. The summed E-state index contributed by atoms with van der Waals surface area (Å²) in [6.07, 6.45) is 8.17. The molecule has 0 radical (unpaired) electrons. The van der Waals surface area contributed by atoms with Gasteiger partial charge in [0.1, 0.15) is 17.3 Å². The van der Waals surface area contributed by atoms with Crippen molar-refractivity contribution < 1.29 is 18.7 Å². The number of aromatic amines is 1. The maximum Gasteiger partial charge on any atom is 0.307 e. The standard InChI is InChI=1S/C25H24F2N4O2/c1-31-7-6-15-20(10-16-12-2-4-13(5-3-12)21(16)25(32)33)29-23(30-24(15)31)18-11-28-22-17(18)8-14(26)9-19(22)27/h6-9,11-13,16,21,28H,2-5,10H2,1H3,(H,32,33). The van der Waals surface area contributed by atoms with Crippen LogP contribution in [0.25, 0.3) is 33.3 Å². The van der Waals surface area contributed by atoms with Crippen LogP contribution in [0.2, 0.25) is 0 Å². The van der Waals surface area contributed by atoms with Crippen molar-refractivity contribution in [2.45, 2.75) is 32.1 Å². The number of rotatable bonds is 4. The van der Waals surface area contributed by atoms with Gasteiger partial charge in [-0.3, -0.25) is 4.79 Å². The lowest BCUT2D eigenvalue weighted by Gasteiger charge is -2.46. The number of nitrogens with one attached hydrogen (secondary N) is 1. The van der Waals surface area contributed by atoms with E-state index in [1.807, 2.05) is 23.9 Å². The van der Waals surface area contributed by atoms with E-state index < -0.39 is 17.6 Å². The second-order valence-electron chi connectivity index (χ2n) is 9.58. The summed E-state index contributed by atoms with van der Waals surface area (Å²) in [5, 5.41) is 11.3. The molecule has 3 aliphatic rings. The van der Waals surface area contributed by atoms with Crippen LogP contribution in [-0.4, -0.2) is 30.6 Å². The fraction of sp³-hybridized carbons (Fsp3) is 0.400. The van der Waals surface area contributed by atoms with Gasteiger partial charge in [0, 0.05) is 41.8 Å². The maximum atomic E-state index is 14.3. The Kier molecular flexibility index (Phi) is 4.54. The van der Waals surface area contributed by atoms with E-state index in [0.717, 1.165) is 42.8 Å². The Labute approximate surface area is 188 Å². The molecule has 4 aromatic rings. The minimum Gasteiger partial charge on any atom is -0.481 e. The van der Waals surface area contributed by atoms with Gasteiger partial charge in [-0.15, -0.1) is 0 Å². The number of aliphatic carboxylic acids is 1. The Morgan fingerprint density at radius 1 is 1.15 bits per heavy atom. The normalized spacial score (nSPS) is 24.7. The molecule has 33 heavy (non-hydrogen) atoms. The van der Waals surface area contributed by atoms with Crippen LogP contribution < -0.4 is 0 Å². The molecule has 2 N–H and O–H groups in total. The monoisotopic (exact) mass is 450 g/mol. The first-order valence-corrected chi connectivity index (χ1v) is 11.4. The maximum absolute atomic E-state index is 14.3. The second-order valence-corrected chi connectivity index (χ2v) is 9.58. The van der Waals surface area contributed by atoms with Gasteiger partial charge >= 0.3 is 5.97 Å². The molecule has 3 aliphatic carbocycles. The minimum atomic E-state index is -0.712. The Morgan fingerprint density at radius 2 is 1.91 bits per heavy atom.